The first kappa shape index (κ1) is 23.6. The number of nitrogens with zero attached hydrogens (tertiary/aromatic N) is 3. The SMILES string of the molecule is CC(=O)O.CCOc1ccccc1/C=c1\sc2nc(-c3ccccc3OC(C)=O)nn2c1=O. The van der Waals surface area contributed by atoms with Crippen molar-refractivity contribution in [3.05, 3.63) is 69.0 Å². The Morgan fingerprint density at radius 1 is 1.09 bits per heavy atom. The molecule has 4 rings (SSSR count). The molecule has 0 saturated heterocycles. The van der Waals surface area contributed by atoms with Gasteiger partial charge in [-0.25, -0.2) is 0 Å². The molecule has 0 aliphatic carbocycles. The van der Waals surface area contributed by atoms with Gasteiger partial charge in [0, 0.05) is 19.4 Å². The van der Waals surface area contributed by atoms with Gasteiger partial charge in [-0.05, 0) is 31.2 Å². The number of esters is 1. The summed E-state index contributed by atoms with van der Waals surface area (Å²) in [5, 5.41) is 11.7. The molecule has 9 nitrogen and oxygen atoms in total. The van der Waals surface area contributed by atoms with Crippen molar-refractivity contribution in [1.29, 1.82) is 0 Å². The van der Waals surface area contributed by atoms with Crippen LogP contribution in [0.3, 0.4) is 0 Å². The summed E-state index contributed by atoms with van der Waals surface area (Å²) < 4.78 is 12.6. The van der Waals surface area contributed by atoms with Crippen molar-refractivity contribution >= 4 is 34.3 Å². The number of fused-ring (bicyclic) bond motifs is 1. The molecule has 10 heteroatoms. The maximum atomic E-state index is 12.8. The molecule has 170 valence electrons. The number of benzene rings is 2. The lowest BCUT2D eigenvalue weighted by Gasteiger charge is -2.05. The van der Waals surface area contributed by atoms with E-state index in [1.165, 1.54) is 22.8 Å². The highest BCUT2D eigenvalue weighted by atomic mass is 32.1. The van der Waals surface area contributed by atoms with Crippen molar-refractivity contribution in [2.45, 2.75) is 20.8 Å². The second-order valence-electron chi connectivity index (χ2n) is 6.63. The predicted octanol–water partition coefficient (Wildman–Crippen LogP) is 2.78. The third kappa shape index (κ3) is 5.80. The zero-order chi connectivity index (χ0) is 24.0. The van der Waals surface area contributed by atoms with Crippen LogP contribution in [0.5, 0.6) is 11.5 Å². The van der Waals surface area contributed by atoms with Crippen LogP contribution in [-0.2, 0) is 9.59 Å². The molecule has 2 aromatic heterocycles. The molecule has 0 unspecified atom stereocenters. The Morgan fingerprint density at radius 2 is 1.73 bits per heavy atom. The Balaban J connectivity index is 0.000000709. The largest absolute Gasteiger partial charge is 0.493 e. The van der Waals surface area contributed by atoms with Crippen LogP contribution in [0.4, 0.5) is 0 Å². The van der Waals surface area contributed by atoms with Crippen molar-refractivity contribution in [2.75, 3.05) is 6.61 Å². The van der Waals surface area contributed by atoms with E-state index in [4.69, 9.17) is 19.4 Å². The highest BCUT2D eigenvalue weighted by molar-refractivity contribution is 7.15. The number of carboxylic acids is 1. The molecule has 0 aliphatic heterocycles. The zero-order valence-corrected chi connectivity index (χ0v) is 19.0. The van der Waals surface area contributed by atoms with Crippen LogP contribution in [0, 0.1) is 0 Å². The Kier molecular flexibility index (Phi) is 7.52. The number of rotatable bonds is 5. The van der Waals surface area contributed by atoms with Crippen LogP contribution in [-0.4, -0.2) is 38.3 Å². The van der Waals surface area contributed by atoms with Crippen molar-refractivity contribution < 1.29 is 24.2 Å². The van der Waals surface area contributed by atoms with E-state index >= 15 is 0 Å². The van der Waals surface area contributed by atoms with E-state index in [9.17, 15) is 9.59 Å². The zero-order valence-electron chi connectivity index (χ0n) is 18.1. The minimum absolute atomic E-state index is 0.264. The first-order valence-electron chi connectivity index (χ1n) is 9.90. The average molecular weight is 468 g/mol. The third-order valence-electron chi connectivity index (χ3n) is 4.07. The molecule has 0 amide bonds. The number of hydrogen-bond donors (Lipinski definition) is 1. The van der Waals surface area contributed by atoms with Crippen molar-refractivity contribution in [3.63, 3.8) is 0 Å². The fourth-order valence-electron chi connectivity index (χ4n) is 2.87. The standard InChI is InChI=1S/C21H17N3O4S.C2H4O2/c1-3-27-16-10-6-4-8-14(16)12-18-20(26)24-21(29-18)22-19(23-24)15-9-5-7-11-17(15)28-13(2)25;1-2(3)4/h4-12H,3H2,1-2H3;1H3,(H,3,4)/b18-12-;. The third-order valence-corrected chi connectivity index (χ3v) is 5.03. The molecule has 0 fully saturated rings. The van der Waals surface area contributed by atoms with E-state index in [1.807, 2.05) is 31.2 Å². The smallest absolute Gasteiger partial charge is 0.308 e. The maximum absolute atomic E-state index is 12.8. The number of carbonyl (C=O) groups is 2. The summed E-state index contributed by atoms with van der Waals surface area (Å²) in [6.45, 7) is 4.86. The lowest BCUT2D eigenvalue weighted by Crippen LogP contribution is -2.23. The van der Waals surface area contributed by atoms with Crippen LogP contribution >= 0.6 is 11.3 Å². The first-order valence-corrected chi connectivity index (χ1v) is 10.7. The average Bonchev–Trinajstić information content (AvgIpc) is 3.29. The number of hydrogen-bond acceptors (Lipinski definition) is 8. The fraction of sp³-hybridized carbons (Fsp3) is 0.174. The van der Waals surface area contributed by atoms with Gasteiger partial charge < -0.3 is 14.6 Å². The van der Waals surface area contributed by atoms with Crippen LogP contribution in [0.25, 0.3) is 22.4 Å². The number of para-hydroxylation sites is 2. The van der Waals surface area contributed by atoms with Gasteiger partial charge in [-0.2, -0.15) is 9.50 Å². The van der Waals surface area contributed by atoms with Crippen LogP contribution in [0.1, 0.15) is 26.3 Å². The number of aromatic nitrogens is 3. The molecular weight excluding hydrogens is 446 g/mol. The van der Waals surface area contributed by atoms with Crippen LogP contribution in [0.2, 0.25) is 0 Å². The molecule has 0 radical (unpaired) electrons. The van der Waals surface area contributed by atoms with E-state index in [-0.39, 0.29) is 5.56 Å². The number of carbonyl (C=O) groups excluding carboxylic acids is 1. The van der Waals surface area contributed by atoms with Gasteiger partial charge in [0.25, 0.3) is 11.5 Å². The summed E-state index contributed by atoms with van der Waals surface area (Å²) in [4.78, 5) is 38.1. The molecule has 0 bridgehead atoms. The fourth-order valence-corrected chi connectivity index (χ4v) is 3.77. The van der Waals surface area contributed by atoms with E-state index in [2.05, 4.69) is 10.1 Å². The Morgan fingerprint density at radius 3 is 2.36 bits per heavy atom. The van der Waals surface area contributed by atoms with Gasteiger partial charge in [0.15, 0.2) is 5.82 Å². The monoisotopic (exact) mass is 467 g/mol. The number of carboxylic acid groups (broad SMARTS) is 1. The molecule has 2 aromatic carbocycles. The Labute approximate surface area is 192 Å². The summed E-state index contributed by atoms with van der Waals surface area (Å²) in [5.41, 5.74) is 1.10. The van der Waals surface area contributed by atoms with Gasteiger partial charge >= 0.3 is 5.97 Å². The lowest BCUT2D eigenvalue weighted by atomic mass is 10.2. The van der Waals surface area contributed by atoms with Gasteiger partial charge in [0.05, 0.1) is 16.7 Å². The quantitative estimate of drug-likeness (QED) is 0.351. The second kappa shape index (κ2) is 10.5. The van der Waals surface area contributed by atoms with Gasteiger partial charge in [0.2, 0.25) is 4.96 Å². The molecule has 0 saturated carbocycles. The van der Waals surface area contributed by atoms with E-state index in [0.717, 1.165) is 12.5 Å². The van der Waals surface area contributed by atoms with Crippen LogP contribution in [0.15, 0.2) is 53.3 Å². The Hall–Kier alpha value is -4.05. The van der Waals surface area contributed by atoms with E-state index in [1.54, 1.807) is 30.3 Å². The van der Waals surface area contributed by atoms with Gasteiger partial charge in [0.1, 0.15) is 11.5 Å². The lowest BCUT2D eigenvalue weighted by molar-refractivity contribution is -0.134. The number of aliphatic carboxylic acids is 1. The highest BCUT2D eigenvalue weighted by Crippen LogP contribution is 2.28. The molecule has 2 heterocycles. The van der Waals surface area contributed by atoms with Gasteiger partial charge in [-0.1, -0.05) is 41.7 Å². The Bertz CT molecular complexity index is 1410. The number of thiazole rings is 1. The summed E-state index contributed by atoms with van der Waals surface area (Å²) in [7, 11) is 0. The van der Waals surface area contributed by atoms with Crippen molar-refractivity contribution in [1.82, 2.24) is 14.6 Å². The summed E-state index contributed by atoms with van der Waals surface area (Å²) >= 11 is 1.24. The predicted molar refractivity (Wildman–Crippen MR) is 124 cm³/mol. The normalized spacial score (nSPS) is 11.1. The molecule has 1 N–H and O–H groups in total. The number of ether oxygens (including phenoxy) is 2. The van der Waals surface area contributed by atoms with Crippen molar-refractivity contribution in [3.8, 4) is 22.9 Å². The topological polar surface area (TPSA) is 120 Å². The molecule has 0 aliphatic rings. The molecule has 33 heavy (non-hydrogen) atoms. The molecule has 0 spiro atoms. The summed E-state index contributed by atoms with van der Waals surface area (Å²) in [6.07, 6.45) is 1.78. The van der Waals surface area contributed by atoms with E-state index < -0.39 is 11.9 Å². The first-order chi connectivity index (χ1) is 15.8. The highest BCUT2D eigenvalue weighted by Gasteiger charge is 2.16. The molecule has 0 atom stereocenters. The van der Waals surface area contributed by atoms with Gasteiger partial charge in [-0.15, -0.1) is 5.10 Å². The maximum Gasteiger partial charge on any atom is 0.308 e. The van der Waals surface area contributed by atoms with Crippen LogP contribution < -0.4 is 19.6 Å². The van der Waals surface area contributed by atoms with E-state index in [0.29, 0.717) is 39.0 Å². The molecule has 4 aromatic rings. The van der Waals surface area contributed by atoms with Crippen molar-refractivity contribution in [2.24, 2.45) is 0 Å². The summed E-state index contributed by atoms with van der Waals surface area (Å²) in [5.74, 6) is 0.117. The minimum Gasteiger partial charge on any atom is -0.493 e. The molecular formula is C23H21N3O6S. The second-order valence-corrected chi connectivity index (χ2v) is 7.63. The van der Waals surface area contributed by atoms with Gasteiger partial charge in [-0.3, -0.25) is 14.4 Å². The minimum atomic E-state index is -0.833. The summed E-state index contributed by atoms with van der Waals surface area (Å²) in [6, 6.07) is 14.5.